The summed E-state index contributed by atoms with van der Waals surface area (Å²) in [6, 6.07) is 7.66. The van der Waals surface area contributed by atoms with E-state index >= 15 is 0 Å². The molecule has 1 aliphatic rings. The number of para-hydroxylation sites is 1. The molecule has 0 saturated heterocycles. The Hall–Kier alpha value is -1.51. The van der Waals surface area contributed by atoms with Crippen LogP contribution in [0.3, 0.4) is 0 Å². The van der Waals surface area contributed by atoms with Gasteiger partial charge < -0.3 is 10.0 Å². The van der Waals surface area contributed by atoms with Gasteiger partial charge in [-0.15, -0.1) is 0 Å². The van der Waals surface area contributed by atoms with Crippen LogP contribution in [-0.2, 0) is 11.2 Å². The molecule has 1 aliphatic heterocycles. The van der Waals surface area contributed by atoms with Gasteiger partial charge in [0, 0.05) is 18.7 Å². The van der Waals surface area contributed by atoms with E-state index in [1.165, 1.54) is 0 Å². The van der Waals surface area contributed by atoms with Gasteiger partial charge in [0.2, 0.25) is 0 Å². The van der Waals surface area contributed by atoms with E-state index in [0.717, 1.165) is 30.6 Å². The van der Waals surface area contributed by atoms with Crippen LogP contribution < -0.4 is 4.90 Å². The van der Waals surface area contributed by atoms with Crippen molar-refractivity contribution in [1.82, 2.24) is 0 Å². The Kier molecular flexibility index (Phi) is 3.90. The highest BCUT2D eigenvalue weighted by Gasteiger charge is 2.34. The van der Waals surface area contributed by atoms with E-state index in [9.17, 15) is 9.90 Å². The normalized spacial score (nSPS) is 19.7. The van der Waals surface area contributed by atoms with Crippen molar-refractivity contribution in [1.29, 1.82) is 0 Å². The second-order valence-corrected chi connectivity index (χ2v) is 5.23. The Bertz CT molecular complexity index is 430. The first-order valence-corrected chi connectivity index (χ1v) is 6.70. The Morgan fingerprint density at radius 1 is 1.50 bits per heavy atom. The van der Waals surface area contributed by atoms with Gasteiger partial charge in [-0.3, -0.25) is 0 Å². The number of nitrogens with zero attached hydrogens (tertiary/aromatic N) is 1. The Labute approximate surface area is 108 Å². The Morgan fingerprint density at radius 2 is 2.22 bits per heavy atom. The van der Waals surface area contributed by atoms with E-state index in [4.69, 9.17) is 0 Å². The lowest BCUT2D eigenvalue weighted by Gasteiger charge is -2.27. The molecule has 3 nitrogen and oxygen atoms in total. The van der Waals surface area contributed by atoms with E-state index < -0.39 is 5.97 Å². The SMILES string of the molecule is CCCC(C)CN1c2ccccc2CC1C(=O)O. The van der Waals surface area contributed by atoms with Gasteiger partial charge in [0.15, 0.2) is 0 Å². The van der Waals surface area contributed by atoms with Crippen LogP contribution >= 0.6 is 0 Å². The van der Waals surface area contributed by atoms with Crippen LogP contribution in [0.1, 0.15) is 32.3 Å². The van der Waals surface area contributed by atoms with Crippen LogP contribution in [0.2, 0.25) is 0 Å². The molecule has 0 bridgehead atoms. The van der Waals surface area contributed by atoms with Gasteiger partial charge in [0.25, 0.3) is 0 Å². The summed E-state index contributed by atoms with van der Waals surface area (Å²) in [5.74, 6) is -0.182. The highest BCUT2D eigenvalue weighted by atomic mass is 16.4. The standard InChI is InChI=1S/C15H21NO2/c1-3-6-11(2)10-16-13-8-5-4-7-12(13)9-14(16)15(17)18/h4-5,7-8,11,14H,3,6,9-10H2,1-2H3,(H,17,18). The fourth-order valence-electron chi connectivity index (χ4n) is 2.82. The van der Waals surface area contributed by atoms with E-state index in [0.29, 0.717) is 12.3 Å². The topological polar surface area (TPSA) is 40.5 Å². The summed E-state index contributed by atoms with van der Waals surface area (Å²) >= 11 is 0. The first kappa shape index (κ1) is 12.9. The van der Waals surface area contributed by atoms with Crippen LogP contribution in [0.15, 0.2) is 24.3 Å². The van der Waals surface area contributed by atoms with E-state index in [1.807, 2.05) is 24.3 Å². The summed E-state index contributed by atoms with van der Waals surface area (Å²) in [4.78, 5) is 13.4. The molecule has 0 aromatic heterocycles. The molecule has 1 aromatic carbocycles. The number of hydrogen-bond acceptors (Lipinski definition) is 2. The average molecular weight is 247 g/mol. The minimum absolute atomic E-state index is 0.387. The number of carboxylic acids is 1. The molecule has 0 fully saturated rings. The summed E-state index contributed by atoms with van der Waals surface area (Å²) in [6.45, 7) is 5.20. The number of benzene rings is 1. The number of fused-ring (bicyclic) bond motifs is 1. The molecule has 98 valence electrons. The summed E-state index contributed by atoms with van der Waals surface area (Å²) in [5, 5.41) is 9.36. The van der Waals surface area contributed by atoms with Gasteiger partial charge in [0.1, 0.15) is 6.04 Å². The van der Waals surface area contributed by atoms with Crippen molar-refractivity contribution in [3.8, 4) is 0 Å². The molecule has 2 rings (SSSR count). The minimum Gasteiger partial charge on any atom is -0.480 e. The largest absolute Gasteiger partial charge is 0.480 e. The quantitative estimate of drug-likeness (QED) is 0.869. The maximum absolute atomic E-state index is 11.4. The maximum atomic E-state index is 11.4. The lowest BCUT2D eigenvalue weighted by molar-refractivity contribution is -0.138. The smallest absolute Gasteiger partial charge is 0.326 e. The highest BCUT2D eigenvalue weighted by Crippen LogP contribution is 2.33. The molecular formula is C15H21NO2. The van der Waals surface area contributed by atoms with Crippen LogP contribution in [0, 0.1) is 5.92 Å². The molecule has 18 heavy (non-hydrogen) atoms. The van der Waals surface area contributed by atoms with Crippen molar-refractivity contribution in [3.63, 3.8) is 0 Å². The minimum atomic E-state index is -0.713. The zero-order valence-corrected chi connectivity index (χ0v) is 11.1. The number of rotatable bonds is 5. The first-order chi connectivity index (χ1) is 8.63. The van der Waals surface area contributed by atoms with E-state index in [2.05, 4.69) is 18.7 Å². The molecule has 1 N–H and O–H groups in total. The fraction of sp³-hybridized carbons (Fsp3) is 0.533. The van der Waals surface area contributed by atoms with E-state index in [1.54, 1.807) is 0 Å². The van der Waals surface area contributed by atoms with Crippen molar-refractivity contribution in [3.05, 3.63) is 29.8 Å². The lowest BCUT2D eigenvalue weighted by Crippen LogP contribution is -2.41. The van der Waals surface area contributed by atoms with Gasteiger partial charge in [-0.1, -0.05) is 38.5 Å². The summed E-state index contributed by atoms with van der Waals surface area (Å²) in [7, 11) is 0. The number of carbonyl (C=O) groups is 1. The fourth-order valence-corrected chi connectivity index (χ4v) is 2.82. The molecular weight excluding hydrogens is 226 g/mol. The number of hydrogen-bond donors (Lipinski definition) is 1. The average Bonchev–Trinajstić information content (AvgIpc) is 2.69. The van der Waals surface area contributed by atoms with Crippen molar-refractivity contribution in [2.24, 2.45) is 5.92 Å². The van der Waals surface area contributed by atoms with Crippen molar-refractivity contribution in [2.75, 3.05) is 11.4 Å². The summed E-state index contributed by atoms with van der Waals surface area (Å²) < 4.78 is 0. The number of anilines is 1. The molecule has 1 heterocycles. The second-order valence-electron chi connectivity index (χ2n) is 5.23. The van der Waals surface area contributed by atoms with Gasteiger partial charge in [-0.2, -0.15) is 0 Å². The van der Waals surface area contributed by atoms with Gasteiger partial charge >= 0.3 is 5.97 Å². The molecule has 0 radical (unpaired) electrons. The Balaban J connectivity index is 2.20. The van der Waals surface area contributed by atoms with Crippen LogP contribution in [-0.4, -0.2) is 23.7 Å². The molecule has 2 atom stereocenters. The lowest BCUT2D eigenvalue weighted by atomic mass is 10.0. The molecule has 3 heteroatoms. The van der Waals surface area contributed by atoms with Gasteiger partial charge in [-0.25, -0.2) is 4.79 Å². The van der Waals surface area contributed by atoms with Crippen molar-refractivity contribution >= 4 is 11.7 Å². The first-order valence-electron chi connectivity index (χ1n) is 6.70. The molecule has 0 spiro atoms. The third-order valence-corrected chi connectivity index (χ3v) is 3.67. The van der Waals surface area contributed by atoms with Gasteiger partial charge in [0.05, 0.1) is 0 Å². The summed E-state index contributed by atoms with van der Waals surface area (Å²) in [6.07, 6.45) is 2.92. The third kappa shape index (κ3) is 2.50. The molecule has 0 saturated carbocycles. The third-order valence-electron chi connectivity index (χ3n) is 3.67. The van der Waals surface area contributed by atoms with Crippen molar-refractivity contribution < 1.29 is 9.90 Å². The number of carboxylic acid groups (broad SMARTS) is 1. The number of aliphatic carboxylic acids is 1. The Morgan fingerprint density at radius 3 is 2.89 bits per heavy atom. The predicted octanol–water partition coefficient (Wildman–Crippen LogP) is 2.94. The predicted molar refractivity (Wildman–Crippen MR) is 73.0 cm³/mol. The van der Waals surface area contributed by atoms with E-state index in [-0.39, 0.29) is 6.04 Å². The maximum Gasteiger partial charge on any atom is 0.326 e. The molecule has 2 unspecified atom stereocenters. The molecule has 0 aliphatic carbocycles. The highest BCUT2D eigenvalue weighted by molar-refractivity contribution is 5.82. The van der Waals surface area contributed by atoms with Crippen LogP contribution in [0.4, 0.5) is 5.69 Å². The zero-order chi connectivity index (χ0) is 13.1. The van der Waals surface area contributed by atoms with Crippen molar-refractivity contribution in [2.45, 2.75) is 39.2 Å². The van der Waals surface area contributed by atoms with Crippen LogP contribution in [0.5, 0.6) is 0 Å². The summed E-state index contributed by atoms with van der Waals surface area (Å²) in [5.41, 5.74) is 2.27. The van der Waals surface area contributed by atoms with Gasteiger partial charge in [-0.05, 0) is 24.0 Å². The molecule has 1 aromatic rings. The second kappa shape index (κ2) is 5.42. The monoisotopic (exact) mass is 247 g/mol. The zero-order valence-electron chi connectivity index (χ0n) is 11.1. The molecule has 0 amide bonds. The van der Waals surface area contributed by atoms with Crippen LogP contribution in [0.25, 0.3) is 0 Å².